The predicted octanol–water partition coefficient (Wildman–Crippen LogP) is 3.27. The monoisotopic (exact) mass is 384 g/mol. The van der Waals surface area contributed by atoms with Gasteiger partial charge in [0.15, 0.2) is 0 Å². The van der Waals surface area contributed by atoms with E-state index in [2.05, 4.69) is 15.6 Å². The van der Waals surface area contributed by atoms with Crippen LogP contribution >= 0.6 is 0 Å². The van der Waals surface area contributed by atoms with E-state index in [9.17, 15) is 14.0 Å². The van der Waals surface area contributed by atoms with Crippen molar-refractivity contribution in [3.05, 3.63) is 53.5 Å². The van der Waals surface area contributed by atoms with Crippen molar-refractivity contribution in [1.29, 1.82) is 0 Å². The number of anilines is 2. The van der Waals surface area contributed by atoms with E-state index in [1.54, 1.807) is 0 Å². The number of hydrogen-bond acceptors (Lipinski definition) is 4. The van der Waals surface area contributed by atoms with Crippen molar-refractivity contribution >= 4 is 23.3 Å². The molecule has 0 atom stereocenters. The number of para-hydroxylation sites is 1. The minimum atomic E-state index is -0.451. The Hall–Kier alpha value is -2.80. The normalized spacial score (nSPS) is 13.4. The molecule has 1 fully saturated rings. The van der Waals surface area contributed by atoms with Gasteiger partial charge < -0.3 is 10.6 Å². The van der Waals surface area contributed by atoms with Crippen molar-refractivity contribution in [3.63, 3.8) is 0 Å². The molecule has 6 nitrogen and oxygen atoms in total. The van der Waals surface area contributed by atoms with E-state index in [1.807, 2.05) is 36.9 Å². The first-order chi connectivity index (χ1) is 13.4. The number of nitrogens with one attached hydrogen (secondary N) is 2. The number of aryl methyl sites for hydroxylation is 2. The Morgan fingerprint density at radius 1 is 1.11 bits per heavy atom. The molecular formula is C21H25FN4O2. The van der Waals surface area contributed by atoms with Crippen LogP contribution in [0.2, 0.25) is 0 Å². The van der Waals surface area contributed by atoms with Gasteiger partial charge in [-0.25, -0.2) is 9.37 Å². The molecule has 1 aromatic carbocycles. The molecular weight excluding hydrogens is 359 g/mol. The maximum absolute atomic E-state index is 12.9. The lowest BCUT2D eigenvalue weighted by atomic mass is 10.1. The van der Waals surface area contributed by atoms with Crippen LogP contribution in [0.3, 0.4) is 0 Å². The zero-order chi connectivity index (χ0) is 20.1. The topological polar surface area (TPSA) is 74.3 Å². The van der Waals surface area contributed by atoms with Gasteiger partial charge in [0.25, 0.3) is 0 Å². The number of pyridine rings is 1. The molecule has 2 N–H and O–H groups in total. The third-order valence-electron chi connectivity index (χ3n) is 4.78. The molecule has 2 amide bonds. The second-order valence-electron chi connectivity index (χ2n) is 7.18. The van der Waals surface area contributed by atoms with Gasteiger partial charge in [0.05, 0.1) is 12.7 Å². The number of halogens is 1. The minimum absolute atomic E-state index is 0.0788. The average Bonchev–Trinajstić information content (AvgIpc) is 3.49. The van der Waals surface area contributed by atoms with Gasteiger partial charge in [-0.15, -0.1) is 0 Å². The molecule has 28 heavy (non-hydrogen) atoms. The van der Waals surface area contributed by atoms with E-state index < -0.39 is 5.82 Å². The molecule has 7 heteroatoms. The SMILES string of the molecule is Cc1cccc(C)c1NC(=O)CN(CCC(=O)Nc1ccc(F)cn1)C1CC1. The second kappa shape index (κ2) is 8.93. The summed E-state index contributed by atoms with van der Waals surface area (Å²) in [5, 5.41) is 5.65. The van der Waals surface area contributed by atoms with E-state index in [0.717, 1.165) is 35.9 Å². The first kappa shape index (κ1) is 19.9. The molecule has 1 aliphatic carbocycles. The highest BCUT2D eigenvalue weighted by atomic mass is 19.1. The standard InChI is InChI=1S/C21H25FN4O2/c1-14-4-3-5-15(2)21(14)25-20(28)13-26(17-7-8-17)11-10-19(27)24-18-9-6-16(22)12-23-18/h3-6,9,12,17H,7-8,10-11,13H2,1-2H3,(H,25,28)(H,23,24,27). The zero-order valence-corrected chi connectivity index (χ0v) is 16.2. The Morgan fingerprint density at radius 3 is 2.43 bits per heavy atom. The lowest BCUT2D eigenvalue weighted by Gasteiger charge is -2.21. The van der Waals surface area contributed by atoms with Gasteiger partial charge in [0.2, 0.25) is 11.8 Å². The number of rotatable bonds is 8. The highest BCUT2D eigenvalue weighted by Crippen LogP contribution is 2.27. The van der Waals surface area contributed by atoms with Gasteiger partial charge in [-0.05, 0) is 49.9 Å². The van der Waals surface area contributed by atoms with Crippen LogP contribution in [-0.2, 0) is 9.59 Å². The summed E-state index contributed by atoms with van der Waals surface area (Å²) in [6, 6.07) is 8.91. The van der Waals surface area contributed by atoms with Crippen LogP contribution in [0.1, 0.15) is 30.4 Å². The fourth-order valence-corrected chi connectivity index (χ4v) is 3.11. The van der Waals surface area contributed by atoms with Crippen molar-refractivity contribution in [3.8, 4) is 0 Å². The van der Waals surface area contributed by atoms with Crippen LogP contribution in [0, 0.1) is 19.7 Å². The molecule has 1 saturated carbocycles. The fraction of sp³-hybridized carbons (Fsp3) is 0.381. The zero-order valence-electron chi connectivity index (χ0n) is 16.2. The predicted molar refractivity (Wildman–Crippen MR) is 107 cm³/mol. The van der Waals surface area contributed by atoms with Crippen LogP contribution in [0.25, 0.3) is 0 Å². The smallest absolute Gasteiger partial charge is 0.238 e. The maximum atomic E-state index is 12.9. The van der Waals surface area contributed by atoms with E-state index in [0.29, 0.717) is 18.4 Å². The summed E-state index contributed by atoms with van der Waals surface area (Å²) in [5.41, 5.74) is 2.90. The Labute approximate surface area is 164 Å². The largest absolute Gasteiger partial charge is 0.324 e. The summed E-state index contributed by atoms with van der Waals surface area (Å²) in [4.78, 5) is 30.5. The van der Waals surface area contributed by atoms with Crippen LogP contribution in [0.4, 0.5) is 15.9 Å². The number of carbonyl (C=O) groups excluding carboxylic acids is 2. The van der Waals surface area contributed by atoms with Crippen LogP contribution < -0.4 is 10.6 Å². The van der Waals surface area contributed by atoms with Gasteiger partial charge in [-0.1, -0.05) is 18.2 Å². The van der Waals surface area contributed by atoms with Crippen LogP contribution in [-0.4, -0.2) is 40.8 Å². The Morgan fingerprint density at radius 2 is 1.82 bits per heavy atom. The van der Waals surface area contributed by atoms with E-state index in [-0.39, 0.29) is 24.8 Å². The molecule has 1 heterocycles. The summed E-state index contributed by atoms with van der Waals surface area (Å²) in [5.74, 6) is -0.422. The van der Waals surface area contributed by atoms with Crippen molar-refractivity contribution in [2.75, 3.05) is 23.7 Å². The van der Waals surface area contributed by atoms with Gasteiger partial charge in [-0.3, -0.25) is 14.5 Å². The summed E-state index contributed by atoms with van der Waals surface area (Å²) in [7, 11) is 0. The van der Waals surface area contributed by atoms with Crippen molar-refractivity contribution in [1.82, 2.24) is 9.88 Å². The highest BCUT2D eigenvalue weighted by molar-refractivity contribution is 5.94. The van der Waals surface area contributed by atoms with Crippen LogP contribution in [0.15, 0.2) is 36.5 Å². The number of aromatic nitrogens is 1. The third kappa shape index (κ3) is 5.60. The number of benzene rings is 1. The van der Waals surface area contributed by atoms with E-state index in [1.165, 1.54) is 12.1 Å². The Kier molecular flexibility index (Phi) is 6.36. The lowest BCUT2D eigenvalue weighted by Crippen LogP contribution is -2.37. The van der Waals surface area contributed by atoms with Crippen molar-refractivity contribution in [2.45, 2.75) is 39.2 Å². The molecule has 1 aromatic heterocycles. The highest BCUT2D eigenvalue weighted by Gasteiger charge is 2.30. The molecule has 0 radical (unpaired) electrons. The van der Waals surface area contributed by atoms with Gasteiger partial charge in [-0.2, -0.15) is 0 Å². The molecule has 0 aliphatic heterocycles. The number of amides is 2. The van der Waals surface area contributed by atoms with E-state index in [4.69, 9.17) is 0 Å². The summed E-state index contributed by atoms with van der Waals surface area (Å²) in [6.45, 7) is 4.67. The first-order valence-corrected chi connectivity index (χ1v) is 9.44. The maximum Gasteiger partial charge on any atom is 0.238 e. The summed E-state index contributed by atoms with van der Waals surface area (Å²) in [6.07, 6.45) is 3.38. The molecule has 1 aliphatic rings. The molecule has 0 saturated heterocycles. The number of nitrogens with zero attached hydrogens (tertiary/aromatic N) is 2. The average molecular weight is 384 g/mol. The Balaban J connectivity index is 1.51. The quantitative estimate of drug-likeness (QED) is 0.733. The molecule has 3 rings (SSSR count). The molecule has 0 spiro atoms. The van der Waals surface area contributed by atoms with E-state index >= 15 is 0 Å². The number of carbonyl (C=O) groups is 2. The van der Waals surface area contributed by atoms with Gasteiger partial charge in [0, 0.05) is 24.7 Å². The van der Waals surface area contributed by atoms with Crippen molar-refractivity contribution < 1.29 is 14.0 Å². The van der Waals surface area contributed by atoms with Crippen LogP contribution in [0.5, 0.6) is 0 Å². The lowest BCUT2D eigenvalue weighted by molar-refractivity contribution is -0.119. The first-order valence-electron chi connectivity index (χ1n) is 9.44. The molecule has 0 bridgehead atoms. The number of hydrogen-bond donors (Lipinski definition) is 2. The van der Waals surface area contributed by atoms with Gasteiger partial charge >= 0.3 is 0 Å². The van der Waals surface area contributed by atoms with Crippen molar-refractivity contribution in [2.24, 2.45) is 0 Å². The molecule has 2 aromatic rings. The van der Waals surface area contributed by atoms with Gasteiger partial charge in [0.1, 0.15) is 11.6 Å². The summed E-state index contributed by atoms with van der Waals surface area (Å²) < 4.78 is 12.9. The third-order valence-corrected chi connectivity index (χ3v) is 4.78. The molecule has 148 valence electrons. The Bertz CT molecular complexity index is 830. The summed E-state index contributed by atoms with van der Waals surface area (Å²) >= 11 is 0. The second-order valence-corrected chi connectivity index (χ2v) is 7.18. The fourth-order valence-electron chi connectivity index (χ4n) is 3.11. The minimum Gasteiger partial charge on any atom is -0.324 e. The molecule has 0 unspecified atom stereocenters.